The van der Waals surface area contributed by atoms with Gasteiger partial charge in [0.05, 0.1) is 11.8 Å². The molecule has 0 unspecified atom stereocenters. The summed E-state index contributed by atoms with van der Waals surface area (Å²) in [7, 11) is 1.87. The van der Waals surface area contributed by atoms with Gasteiger partial charge in [-0.2, -0.15) is 5.10 Å². The van der Waals surface area contributed by atoms with Crippen LogP contribution in [0.15, 0.2) is 24.4 Å². The molecule has 0 spiro atoms. The number of rotatable bonds is 5. The summed E-state index contributed by atoms with van der Waals surface area (Å²) in [5.74, 6) is -1.97. The average molecular weight is 277 g/mol. The van der Waals surface area contributed by atoms with Gasteiger partial charge in [0.15, 0.2) is 0 Å². The maximum Gasteiger partial charge on any atom is 0.338 e. The molecule has 0 atom stereocenters. The Kier molecular flexibility index (Phi) is 4.14. The number of benzene rings is 1. The standard InChI is InChI=1S/C14H16FN3O2/c1-9-11(8-17-18(9)2)7-16-6-10-3-4-12(14(19)20)13(15)5-10/h3-5,8,16H,6-7H2,1-2H3,(H,19,20). The normalized spacial score (nSPS) is 10.8. The highest BCUT2D eigenvalue weighted by Crippen LogP contribution is 2.11. The summed E-state index contributed by atoms with van der Waals surface area (Å²) in [6, 6.07) is 4.13. The third-order valence-electron chi connectivity index (χ3n) is 3.25. The van der Waals surface area contributed by atoms with Crippen molar-refractivity contribution in [3.63, 3.8) is 0 Å². The van der Waals surface area contributed by atoms with E-state index in [1.165, 1.54) is 12.1 Å². The molecule has 0 aliphatic heterocycles. The number of aromatic nitrogens is 2. The lowest BCUT2D eigenvalue weighted by Gasteiger charge is -2.06. The molecule has 6 heteroatoms. The van der Waals surface area contributed by atoms with E-state index in [1.807, 2.05) is 14.0 Å². The summed E-state index contributed by atoms with van der Waals surface area (Å²) in [5.41, 5.74) is 2.55. The van der Waals surface area contributed by atoms with E-state index in [4.69, 9.17) is 5.11 Å². The molecular formula is C14H16FN3O2. The van der Waals surface area contributed by atoms with Crippen LogP contribution in [0.3, 0.4) is 0 Å². The third-order valence-corrected chi connectivity index (χ3v) is 3.25. The van der Waals surface area contributed by atoms with Gasteiger partial charge in [-0.1, -0.05) is 6.07 Å². The smallest absolute Gasteiger partial charge is 0.338 e. The molecule has 5 nitrogen and oxygen atoms in total. The molecule has 0 aliphatic rings. The van der Waals surface area contributed by atoms with Gasteiger partial charge in [-0.15, -0.1) is 0 Å². The van der Waals surface area contributed by atoms with E-state index in [0.29, 0.717) is 18.7 Å². The van der Waals surface area contributed by atoms with Gasteiger partial charge in [-0.3, -0.25) is 4.68 Å². The third kappa shape index (κ3) is 3.03. The minimum absolute atomic E-state index is 0.308. The Labute approximate surface area is 116 Å². The number of carboxylic acids is 1. The zero-order valence-electron chi connectivity index (χ0n) is 11.4. The SMILES string of the molecule is Cc1c(CNCc2ccc(C(=O)O)c(F)c2)cnn1C. The molecule has 2 aromatic rings. The van der Waals surface area contributed by atoms with Crippen LogP contribution >= 0.6 is 0 Å². The van der Waals surface area contributed by atoms with Crippen LogP contribution in [0.2, 0.25) is 0 Å². The largest absolute Gasteiger partial charge is 0.478 e. The van der Waals surface area contributed by atoms with Crippen LogP contribution in [0, 0.1) is 12.7 Å². The minimum atomic E-state index is -1.26. The lowest BCUT2D eigenvalue weighted by Crippen LogP contribution is -2.14. The van der Waals surface area contributed by atoms with Crippen LogP contribution < -0.4 is 5.32 Å². The highest BCUT2D eigenvalue weighted by atomic mass is 19.1. The second-order valence-electron chi connectivity index (χ2n) is 4.60. The van der Waals surface area contributed by atoms with Crippen molar-refractivity contribution in [3.8, 4) is 0 Å². The second kappa shape index (κ2) is 5.83. The maximum atomic E-state index is 13.5. The first-order valence-electron chi connectivity index (χ1n) is 6.19. The molecule has 0 radical (unpaired) electrons. The molecule has 1 aromatic heterocycles. The molecule has 2 rings (SSSR count). The van der Waals surface area contributed by atoms with Crippen LogP contribution in [0.25, 0.3) is 0 Å². The Bertz CT molecular complexity index is 637. The number of aromatic carboxylic acids is 1. The van der Waals surface area contributed by atoms with Crippen LogP contribution in [0.4, 0.5) is 4.39 Å². The maximum absolute atomic E-state index is 13.5. The number of carbonyl (C=O) groups is 1. The molecule has 20 heavy (non-hydrogen) atoms. The number of halogens is 1. The first-order valence-corrected chi connectivity index (χ1v) is 6.19. The molecule has 0 fully saturated rings. The summed E-state index contributed by atoms with van der Waals surface area (Å²) in [5, 5.41) is 16.1. The van der Waals surface area contributed by atoms with Crippen LogP contribution in [0.5, 0.6) is 0 Å². The van der Waals surface area contributed by atoms with Crippen molar-refractivity contribution in [2.75, 3.05) is 0 Å². The predicted molar refractivity (Wildman–Crippen MR) is 71.8 cm³/mol. The fraction of sp³-hybridized carbons (Fsp3) is 0.286. The first kappa shape index (κ1) is 14.2. The molecular weight excluding hydrogens is 261 g/mol. The van der Waals surface area contributed by atoms with Crippen LogP contribution in [0.1, 0.15) is 27.2 Å². The van der Waals surface area contributed by atoms with Gasteiger partial charge in [-0.05, 0) is 24.6 Å². The lowest BCUT2D eigenvalue weighted by molar-refractivity contribution is 0.0692. The second-order valence-corrected chi connectivity index (χ2v) is 4.60. The minimum Gasteiger partial charge on any atom is -0.478 e. The fourth-order valence-corrected chi connectivity index (χ4v) is 1.90. The average Bonchev–Trinajstić information content (AvgIpc) is 2.70. The topological polar surface area (TPSA) is 67.2 Å². The van der Waals surface area contributed by atoms with E-state index in [2.05, 4.69) is 10.4 Å². The van der Waals surface area contributed by atoms with Crippen molar-refractivity contribution in [1.82, 2.24) is 15.1 Å². The van der Waals surface area contributed by atoms with Crippen molar-refractivity contribution in [2.24, 2.45) is 7.05 Å². The quantitative estimate of drug-likeness (QED) is 0.875. The Morgan fingerprint density at radius 2 is 2.20 bits per heavy atom. The van der Waals surface area contributed by atoms with Gasteiger partial charge in [0.25, 0.3) is 0 Å². The van der Waals surface area contributed by atoms with Crippen molar-refractivity contribution in [3.05, 3.63) is 52.6 Å². The van der Waals surface area contributed by atoms with Gasteiger partial charge in [0.1, 0.15) is 5.82 Å². The van der Waals surface area contributed by atoms with E-state index in [1.54, 1.807) is 16.9 Å². The van der Waals surface area contributed by atoms with Gasteiger partial charge < -0.3 is 10.4 Å². The highest BCUT2D eigenvalue weighted by molar-refractivity contribution is 5.87. The Morgan fingerprint density at radius 1 is 1.45 bits per heavy atom. The van der Waals surface area contributed by atoms with Crippen molar-refractivity contribution < 1.29 is 14.3 Å². The number of aryl methyl sites for hydroxylation is 1. The van der Waals surface area contributed by atoms with Crippen molar-refractivity contribution in [2.45, 2.75) is 20.0 Å². The Hall–Kier alpha value is -2.21. The van der Waals surface area contributed by atoms with Gasteiger partial charge in [0, 0.05) is 31.4 Å². The molecule has 0 aliphatic carbocycles. The summed E-state index contributed by atoms with van der Waals surface area (Å²) in [4.78, 5) is 10.7. The molecule has 0 amide bonds. The summed E-state index contributed by atoms with van der Waals surface area (Å²) in [6.45, 7) is 3.07. The molecule has 2 N–H and O–H groups in total. The molecule has 106 valence electrons. The zero-order chi connectivity index (χ0) is 14.7. The Morgan fingerprint density at radius 3 is 2.75 bits per heavy atom. The number of nitrogens with one attached hydrogen (secondary N) is 1. The summed E-state index contributed by atoms with van der Waals surface area (Å²) >= 11 is 0. The van der Waals surface area contributed by atoms with Gasteiger partial charge in [0.2, 0.25) is 0 Å². The van der Waals surface area contributed by atoms with Crippen LogP contribution in [-0.2, 0) is 20.1 Å². The van der Waals surface area contributed by atoms with Crippen molar-refractivity contribution in [1.29, 1.82) is 0 Å². The molecule has 0 saturated heterocycles. The van der Waals surface area contributed by atoms with E-state index in [0.717, 1.165) is 11.3 Å². The first-order chi connectivity index (χ1) is 9.49. The fourth-order valence-electron chi connectivity index (χ4n) is 1.90. The monoisotopic (exact) mass is 277 g/mol. The van der Waals surface area contributed by atoms with E-state index < -0.39 is 11.8 Å². The Balaban J connectivity index is 1.96. The molecule has 0 saturated carbocycles. The van der Waals surface area contributed by atoms with E-state index >= 15 is 0 Å². The highest BCUT2D eigenvalue weighted by Gasteiger charge is 2.10. The number of nitrogens with zero attached hydrogens (tertiary/aromatic N) is 2. The molecule has 1 aromatic carbocycles. The summed E-state index contributed by atoms with van der Waals surface area (Å²) in [6.07, 6.45) is 1.79. The summed E-state index contributed by atoms with van der Waals surface area (Å²) < 4.78 is 15.3. The van der Waals surface area contributed by atoms with Crippen LogP contribution in [-0.4, -0.2) is 20.9 Å². The van der Waals surface area contributed by atoms with E-state index in [-0.39, 0.29) is 5.56 Å². The zero-order valence-corrected chi connectivity index (χ0v) is 11.4. The van der Waals surface area contributed by atoms with Gasteiger partial charge in [-0.25, -0.2) is 9.18 Å². The van der Waals surface area contributed by atoms with Gasteiger partial charge >= 0.3 is 5.97 Å². The number of hydrogen-bond donors (Lipinski definition) is 2. The van der Waals surface area contributed by atoms with Crippen molar-refractivity contribution >= 4 is 5.97 Å². The van der Waals surface area contributed by atoms with E-state index in [9.17, 15) is 9.18 Å². The number of carboxylic acid groups (broad SMARTS) is 1. The molecule has 0 bridgehead atoms. The molecule has 1 heterocycles. The predicted octanol–water partition coefficient (Wildman–Crippen LogP) is 1.86. The number of hydrogen-bond acceptors (Lipinski definition) is 3. The lowest BCUT2D eigenvalue weighted by atomic mass is 10.1.